The van der Waals surface area contributed by atoms with Gasteiger partial charge < -0.3 is 4.98 Å². The van der Waals surface area contributed by atoms with Gasteiger partial charge in [-0.05, 0) is 12.1 Å². The van der Waals surface area contributed by atoms with Crippen molar-refractivity contribution in [3.05, 3.63) is 29.7 Å². The molecule has 0 saturated heterocycles. The minimum Gasteiger partial charge on any atom is -0.346 e. The number of nitrogens with one attached hydrogen (secondary N) is 1. The maximum absolute atomic E-state index is 5.70. The van der Waals surface area contributed by atoms with Crippen molar-refractivity contribution in [1.29, 1.82) is 0 Å². The normalized spacial score (nSPS) is 10.5. The Morgan fingerprint density at radius 2 is 2.40 bits per heavy atom. The summed E-state index contributed by atoms with van der Waals surface area (Å²) in [6.07, 6.45) is 3.51. The molecule has 0 spiro atoms. The predicted molar refractivity (Wildman–Crippen MR) is 41.1 cm³/mol. The van der Waals surface area contributed by atoms with E-state index in [4.69, 9.17) is 11.6 Å². The summed E-state index contributed by atoms with van der Waals surface area (Å²) in [4.78, 5) is 6.93. The van der Waals surface area contributed by atoms with Crippen LogP contribution in [0.3, 0.4) is 0 Å². The molecule has 2 rings (SSSR count). The molecule has 2 aromatic rings. The molecule has 50 valence electrons. The van der Waals surface area contributed by atoms with E-state index in [2.05, 4.69) is 9.97 Å². The van der Waals surface area contributed by atoms with E-state index in [1.807, 2.05) is 12.1 Å². The molecule has 2 aromatic heterocycles. The first-order chi connectivity index (χ1) is 4.86. The molecule has 2 nitrogen and oxygen atoms in total. The summed E-state index contributed by atoms with van der Waals surface area (Å²) in [6.45, 7) is 0. The minimum absolute atomic E-state index is 0.656. The number of pyridine rings is 1. The molecule has 0 unspecified atom stereocenters. The molecular weight excluding hydrogens is 148 g/mol. The van der Waals surface area contributed by atoms with E-state index < -0.39 is 0 Å². The molecular formula is C7H5ClN2. The number of H-pyrrole nitrogens is 1. The second-order valence-corrected chi connectivity index (χ2v) is 2.49. The van der Waals surface area contributed by atoms with Crippen molar-refractivity contribution in [2.75, 3.05) is 0 Å². The lowest BCUT2D eigenvalue weighted by Gasteiger charge is -1.82. The molecule has 0 fully saturated rings. The van der Waals surface area contributed by atoms with Gasteiger partial charge in [-0.2, -0.15) is 0 Å². The average molecular weight is 153 g/mol. The Hall–Kier alpha value is -1.02. The van der Waals surface area contributed by atoms with Gasteiger partial charge in [0.05, 0.1) is 0 Å². The molecule has 10 heavy (non-hydrogen) atoms. The summed E-state index contributed by atoms with van der Waals surface area (Å²) in [5, 5.41) is 1.70. The second kappa shape index (κ2) is 1.99. The monoisotopic (exact) mass is 152 g/mol. The lowest BCUT2D eigenvalue weighted by Crippen LogP contribution is -1.68. The van der Waals surface area contributed by atoms with Crippen LogP contribution in [0.1, 0.15) is 0 Å². The van der Waals surface area contributed by atoms with Crippen LogP contribution in [0.4, 0.5) is 0 Å². The van der Waals surface area contributed by atoms with Crippen molar-refractivity contribution in [2.45, 2.75) is 0 Å². The van der Waals surface area contributed by atoms with Crippen LogP contribution in [0.25, 0.3) is 10.9 Å². The third-order valence-corrected chi connectivity index (χ3v) is 1.59. The van der Waals surface area contributed by atoms with Crippen molar-refractivity contribution in [3.8, 4) is 0 Å². The molecule has 0 aliphatic rings. The first-order valence-electron chi connectivity index (χ1n) is 2.94. The van der Waals surface area contributed by atoms with Crippen LogP contribution in [0.5, 0.6) is 0 Å². The fraction of sp³-hybridized carbons (Fsp3) is 0. The van der Waals surface area contributed by atoms with Gasteiger partial charge in [0.2, 0.25) is 0 Å². The number of rotatable bonds is 0. The molecule has 1 N–H and O–H groups in total. The number of halogens is 1. The van der Waals surface area contributed by atoms with Gasteiger partial charge in [-0.25, -0.2) is 0 Å². The van der Waals surface area contributed by atoms with E-state index >= 15 is 0 Å². The van der Waals surface area contributed by atoms with Gasteiger partial charge in [-0.1, -0.05) is 11.6 Å². The van der Waals surface area contributed by atoms with Crippen molar-refractivity contribution < 1.29 is 0 Å². The van der Waals surface area contributed by atoms with Gasteiger partial charge in [0.15, 0.2) is 0 Å². The first-order valence-corrected chi connectivity index (χ1v) is 3.32. The topological polar surface area (TPSA) is 28.7 Å². The molecule has 0 aliphatic carbocycles. The molecule has 0 atom stereocenters. The molecule has 0 saturated carbocycles. The highest BCUT2D eigenvalue weighted by molar-refractivity contribution is 6.30. The second-order valence-electron chi connectivity index (χ2n) is 2.08. The van der Waals surface area contributed by atoms with E-state index in [0.717, 1.165) is 10.9 Å². The van der Waals surface area contributed by atoms with E-state index in [1.54, 1.807) is 12.4 Å². The molecule has 0 radical (unpaired) electrons. The number of aromatic nitrogens is 2. The summed E-state index contributed by atoms with van der Waals surface area (Å²) >= 11 is 5.70. The number of nitrogens with zero attached hydrogens (tertiary/aromatic N) is 1. The first kappa shape index (κ1) is 5.74. The lowest BCUT2D eigenvalue weighted by molar-refractivity contribution is 1.36. The van der Waals surface area contributed by atoms with Crippen LogP contribution >= 0.6 is 11.6 Å². The van der Waals surface area contributed by atoms with Crippen molar-refractivity contribution >= 4 is 22.5 Å². The molecule has 0 amide bonds. The summed E-state index contributed by atoms with van der Waals surface area (Å²) < 4.78 is 0. The van der Waals surface area contributed by atoms with Crippen LogP contribution in [0.15, 0.2) is 24.5 Å². The lowest BCUT2D eigenvalue weighted by atomic mass is 10.3. The Labute approximate surface area is 62.8 Å². The molecule has 3 heteroatoms. The average Bonchev–Trinajstić information content (AvgIpc) is 2.27. The van der Waals surface area contributed by atoms with E-state index in [9.17, 15) is 0 Å². The predicted octanol–water partition coefficient (Wildman–Crippen LogP) is 2.22. The third-order valence-electron chi connectivity index (χ3n) is 1.39. The molecule has 2 heterocycles. The van der Waals surface area contributed by atoms with Gasteiger partial charge in [-0.15, -0.1) is 0 Å². The largest absolute Gasteiger partial charge is 0.346 e. The van der Waals surface area contributed by atoms with Gasteiger partial charge in [-0.3, -0.25) is 4.98 Å². The number of aromatic amines is 1. The van der Waals surface area contributed by atoms with E-state index in [-0.39, 0.29) is 0 Å². The van der Waals surface area contributed by atoms with E-state index in [1.165, 1.54) is 0 Å². The number of hydrogen-bond donors (Lipinski definition) is 1. The zero-order valence-electron chi connectivity index (χ0n) is 5.13. The quantitative estimate of drug-likeness (QED) is 0.616. The molecule has 0 aromatic carbocycles. The maximum atomic E-state index is 5.70. The van der Waals surface area contributed by atoms with Crippen molar-refractivity contribution in [1.82, 2.24) is 9.97 Å². The fourth-order valence-corrected chi connectivity index (χ4v) is 1.16. The van der Waals surface area contributed by atoms with Crippen LogP contribution in [0, 0.1) is 0 Å². The van der Waals surface area contributed by atoms with Gasteiger partial charge >= 0.3 is 0 Å². The van der Waals surface area contributed by atoms with Crippen LogP contribution < -0.4 is 0 Å². The summed E-state index contributed by atoms with van der Waals surface area (Å²) in [5.74, 6) is 0. The van der Waals surface area contributed by atoms with Crippen molar-refractivity contribution in [3.63, 3.8) is 0 Å². The third kappa shape index (κ3) is 0.772. The Bertz CT molecular complexity index is 320. The fourth-order valence-electron chi connectivity index (χ4n) is 0.937. The Kier molecular flexibility index (Phi) is 1.14. The SMILES string of the molecule is Clc1cc2cnccc2[nH]1. The van der Waals surface area contributed by atoms with Crippen LogP contribution in [0.2, 0.25) is 5.15 Å². The highest BCUT2D eigenvalue weighted by atomic mass is 35.5. The highest BCUT2D eigenvalue weighted by Gasteiger charge is 1.94. The number of hydrogen-bond acceptors (Lipinski definition) is 1. The Morgan fingerprint density at radius 1 is 1.50 bits per heavy atom. The van der Waals surface area contributed by atoms with Crippen LogP contribution in [-0.4, -0.2) is 9.97 Å². The Balaban J connectivity index is 2.88. The van der Waals surface area contributed by atoms with Gasteiger partial charge in [0.1, 0.15) is 5.15 Å². The summed E-state index contributed by atoms with van der Waals surface area (Å²) in [7, 11) is 0. The molecule has 0 bridgehead atoms. The van der Waals surface area contributed by atoms with Gasteiger partial charge in [0, 0.05) is 23.3 Å². The standard InChI is InChI=1S/C7H5ClN2/c8-7-3-5-4-9-2-1-6(5)10-7/h1-4,10H. The summed E-state index contributed by atoms with van der Waals surface area (Å²) in [5.41, 5.74) is 1.03. The zero-order valence-corrected chi connectivity index (χ0v) is 5.89. The van der Waals surface area contributed by atoms with Crippen LogP contribution in [-0.2, 0) is 0 Å². The molecule has 0 aliphatic heterocycles. The smallest absolute Gasteiger partial charge is 0.107 e. The number of fused-ring (bicyclic) bond motifs is 1. The van der Waals surface area contributed by atoms with E-state index in [0.29, 0.717) is 5.15 Å². The Morgan fingerprint density at radius 3 is 3.20 bits per heavy atom. The maximum Gasteiger partial charge on any atom is 0.107 e. The summed E-state index contributed by atoms with van der Waals surface area (Å²) in [6, 6.07) is 3.74. The minimum atomic E-state index is 0.656. The zero-order chi connectivity index (χ0) is 6.97. The van der Waals surface area contributed by atoms with Gasteiger partial charge in [0.25, 0.3) is 0 Å². The highest BCUT2D eigenvalue weighted by Crippen LogP contribution is 2.16. The van der Waals surface area contributed by atoms with Crippen molar-refractivity contribution in [2.24, 2.45) is 0 Å².